The molecule has 0 spiro atoms. The second-order valence-electron chi connectivity index (χ2n) is 5.61. The lowest BCUT2D eigenvalue weighted by atomic mass is 9.81. The van der Waals surface area contributed by atoms with Crippen LogP contribution in [0.25, 0.3) is 0 Å². The molecule has 0 fully saturated rings. The lowest BCUT2D eigenvalue weighted by molar-refractivity contribution is 0.441. The molecule has 0 bridgehead atoms. The van der Waals surface area contributed by atoms with E-state index in [9.17, 15) is 0 Å². The normalized spacial score (nSPS) is 12.1. The molecule has 0 atom stereocenters. The second-order valence-corrected chi connectivity index (χ2v) is 5.61. The first-order valence-electron chi connectivity index (χ1n) is 6.22. The van der Waals surface area contributed by atoms with Crippen LogP contribution in [0.2, 0.25) is 0 Å². The summed E-state index contributed by atoms with van der Waals surface area (Å²) in [5.74, 6) is 0. The molecule has 0 aromatic heterocycles. The zero-order chi connectivity index (χ0) is 12.2. The summed E-state index contributed by atoms with van der Waals surface area (Å²) in [5.41, 5.74) is 3.05. The predicted molar refractivity (Wildman–Crippen MR) is 72.0 cm³/mol. The van der Waals surface area contributed by atoms with Crippen LogP contribution in [0, 0.1) is 6.92 Å². The summed E-state index contributed by atoms with van der Waals surface area (Å²) in [6.07, 6.45) is 1.18. The molecule has 0 saturated carbocycles. The Bertz CT molecular complexity index is 326. The Labute approximate surface area is 100 Å². The van der Waals surface area contributed by atoms with E-state index in [1.807, 2.05) is 0 Å². The van der Waals surface area contributed by atoms with Crippen LogP contribution in [0.15, 0.2) is 24.3 Å². The number of hydrogen-bond donors (Lipinski definition) is 1. The van der Waals surface area contributed by atoms with E-state index in [-0.39, 0.29) is 5.41 Å². The van der Waals surface area contributed by atoms with Gasteiger partial charge in [-0.3, -0.25) is 0 Å². The van der Waals surface area contributed by atoms with Crippen molar-refractivity contribution in [2.45, 2.75) is 52.5 Å². The molecule has 1 heteroatoms. The zero-order valence-electron chi connectivity index (χ0n) is 11.3. The van der Waals surface area contributed by atoms with Crippen LogP contribution in [-0.2, 0) is 5.41 Å². The average Bonchev–Trinajstić information content (AvgIpc) is 2.16. The summed E-state index contributed by atoms with van der Waals surface area (Å²) in [6.45, 7) is 12.3. The molecule has 0 radical (unpaired) electrons. The number of nitrogens with one attached hydrogen (secondary N) is 1. The van der Waals surface area contributed by atoms with Crippen molar-refractivity contribution in [2.24, 2.45) is 0 Å². The number of hydrogen-bond acceptors (Lipinski definition) is 1. The molecule has 0 heterocycles. The lowest BCUT2D eigenvalue weighted by Gasteiger charge is -2.26. The van der Waals surface area contributed by atoms with E-state index in [0.717, 1.165) is 6.54 Å². The Hall–Kier alpha value is -0.820. The molecule has 0 aliphatic rings. The second kappa shape index (κ2) is 5.49. The first-order chi connectivity index (χ1) is 7.42. The van der Waals surface area contributed by atoms with Gasteiger partial charge in [-0.05, 0) is 30.9 Å². The van der Waals surface area contributed by atoms with Crippen molar-refractivity contribution in [3.8, 4) is 0 Å². The van der Waals surface area contributed by atoms with Gasteiger partial charge in [-0.15, -0.1) is 0 Å². The summed E-state index contributed by atoms with van der Waals surface area (Å²) < 4.78 is 0. The van der Waals surface area contributed by atoms with Gasteiger partial charge in [0.05, 0.1) is 0 Å². The summed E-state index contributed by atoms with van der Waals surface area (Å²) in [6, 6.07) is 9.43. The number of rotatable bonds is 5. The van der Waals surface area contributed by atoms with Crippen LogP contribution >= 0.6 is 0 Å². The maximum atomic E-state index is 3.49. The fourth-order valence-corrected chi connectivity index (χ4v) is 1.88. The van der Waals surface area contributed by atoms with Gasteiger partial charge < -0.3 is 5.32 Å². The third-order valence-corrected chi connectivity index (χ3v) is 3.10. The van der Waals surface area contributed by atoms with Crippen LogP contribution in [0.3, 0.4) is 0 Å². The highest BCUT2D eigenvalue weighted by Gasteiger charge is 2.19. The zero-order valence-corrected chi connectivity index (χ0v) is 11.3. The summed E-state index contributed by atoms with van der Waals surface area (Å²) in [4.78, 5) is 0. The van der Waals surface area contributed by atoms with Gasteiger partial charge in [-0.1, -0.05) is 57.5 Å². The molecular weight excluding hydrogens is 194 g/mol. The largest absolute Gasteiger partial charge is 0.315 e. The molecule has 16 heavy (non-hydrogen) atoms. The van der Waals surface area contributed by atoms with Gasteiger partial charge in [0.1, 0.15) is 0 Å². The number of aryl methyl sites for hydroxylation is 1. The highest BCUT2D eigenvalue weighted by atomic mass is 14.9. The first-order valence-corrected chi connectivity index (χ1v) is 6.22. The maximum Gasteiger partial charge on any atom is 0.00103 e. The van der Waals surface area contributed by atoms with E-state index < -0.39 is 0 Å². The molecule has 0 aliphatic heterocycles. The van der Waals surface area contributed by atoms with Crippen molar-refractivity contribution in [1.29, 1.82) is 0 Å². The van der Waals surface area contributed by atoms with Crippen molar-refractivity contribution in [3.05, 3.63) is 35.4 Å². The standard InChI is InChI=1S/C15H25N/c1-12(2)16-10-9-15(4,5)14-8-6-7-13(3)11-14/h6-8,11-12,16H,9-10H2,1-5H3. The Morgan fingerprint density at radius 3 is 2.50 bits per heavy atom. The Balaban J connectivity index is 2.62. The third kappa shape index (κ3) is 3.97. The molecule has 1 rings (SSSR count). The Morgan fingerprint density at radius 2 is 1.94 bits per heavy atom. The molecule has 0 unspecified atom stereocenters. The Morgan fingerprint density at radius 1 is 1.25 bits per heavy atom. The molecule has 1 aromatic rings. The quantitative estimate of drug-likeness (QED) is 0.797. The van der Waals surface area contributed by atoms with Gasteiger partial charge in [0, 0.05) is 6.04 Å². The fraction of sp³-hybridized carbons (Fsp3) is 0.600. The van der Waals surface area contributed by atoms with Crippen LogP contribution in [0.5, 0.6) is 0 Å². The Kier molecular flexibility index (Phi) is 4.55. The van der Waals surface area contributed by atoms with Gasteiger partial charge in [0.25, 0.3) is 0 Å². The van der Waals surface area contributed by atoms with Crippen molar-refractivity contribution in [2.75, 3.05) is 6.54 Å². The molecule has 0 aliphatic carbocycles. The van der Waals surface area contributed by atoms with Crippen molar-refractivity contribution in [3.63, 3.8) is 0 Å². The molecule has 1 aromatic carbocycles. The van der Waals surface area contributed by atoms with E-state index in [0.29, 0.717) is 6.04 Å². The summed E-state index contributed by atoms with van der Waals surface area (Å²) >= 11 is 0. The highest BCUT2D eigenvalue weighted by Crippen LogP contribution is 2.27. The van der Waals surface area contributed by atoms with Crippen LogP contribution < -0.4 is 5.32 Å². The predicted octanol–water partition coefficient (Wildman–Crippen LogP) is 3.66. The summed E-state index contributed by atoms with van der Waals surface area (Å²) in [7, 11) is 0. The SMILES string of the molecule is Cc1cccc(C(C)(C)CCNC(C)C)c1. The topological polar surface area (TPSA) is 12.0 Å². The third-order valence-electron chi connectivity index (χ3n) is 3.10. The monoisotopic (exact) mass is 219 g/mol. The van der Waals surface area contributed by atoms with E-state index in [2.05, 4.69) is 64.2 Å². The molecular formula is C15H25N. The van der Waals surface area contributed by atoms with Gasteiger partial charge in [-0.2, -0.15) is 0 Å². The smallest absolute Gasteiger partial charge is 0.00103 e. The number of benzene rings is 1. The minimum absolute atomic E-state index is 0.258. The lowest BCUT2D eigenvalue weighted by Crippen LogP contribution is -2.29. The molecule has 0 amide bonds. The van der Waals surface area contributed by atoms with Gasteiger partial charge in [0.2, 0.25) is 0 Å². The minimum atomic E-state index is 0.258. The van der Waals surface area contributed by atoms with Gasteiger partial charge in [0.15, 0.2) is 0 Å². The highest BCUT2D eigenvalue weighted by molar-refractivity contribution is 5.28. The van der Waals surface area contributed by atoms with E-state index in [4.69, 9.17) is 0 Å². The van der Waals surface area contributed by atoms with Crippen LogP contribution in [0.1, 0.15) is 45.2 Å². The van der Waals surface area contributed by atoms with Gasteiger partial charge in [-0.25, -0.2) is 0 Å². The average molecular weight is 219 g/mol. The van der Waals surface area contributed by atoms with E-state index in [1.165, 1.54) is 17.5 Å². The minimum Gasteiger partial charge on any atom is -0.315 e. The molecule has 1 nitrogen and oxygen atoms in total. The molecule has 90 valence electrons. The van der Waals surface area contributed by atoms with Crippen molar-refractivity contribution < 1.29 is 0 Å². The molecule has 0 saturated heterocycles. The van der Waals surface area contributed by atoms with E-state index >= 15 is 0 Å². The van der Waals surface area contributed by atoms with Gasteiger partial charge >= 0.3 is 0 Å². The van der Waals surface area contributed by atoms with E-state index in [1.54, 1.807) is 0 Å². The first kappa shape index (κ1) is 13.2. The van der Waals surface area contributed by atoms with Crippen molar-refractivity contribution in [1.82, 2.24) is 5.32 Å². The summed E-state index contributed by atoms with van der Waals surface area (Å²) in [5, 5.41) is 3.49. The maximum absolute atomic E-state index is 3.49. The molecule has 1 N–H and O–H groups in total. The van der Waals surface area contributed by atoms with Crippen LogP contribution in [0.4, 0.5) is 0 Å². The fourth-order valence-electron chi connectivity index (χ4n) is 1.88. The van der Waals surface area contributed by atoms with Crippen molar-refractivity contribution >= 4 is 0 Å². The van der Waals surface area contributed by atoms with Crippen LogP contribution in [-0.4, -0.2) is 12.6 Å².